The van der Waals surface area contributed by atoms with Crippen LogP contribution in [-0.4, -0.2) is 60.4 Å². The average Bonchev–Trinajstić information content (AvgIpc) is 2.39. The molecule has 2 aliphatic rings. The van der Waals surface area contributed by atoms with Gasteiger partial charge in [-0.25, -0.2) is 0 Å². The molecule has 0 aromatic rings. The van der Waals surface area contributed by atoms with Crippen molar-refractivity contribution in [1.82, 2.24) is 10.2 Å². The Hall–Kier alpha value is -0.650. The third kappa shape index (κ3) is 2.84. The lowest BCUT2D eigenvalue weighted by atomic mass is 9.90. The number of carbonyl (C=O) groups excluding carboxylic acids is 1. The number of aliphatic hydroxyl groups is 1. The quantitative estimate of drug-likeness (QED) is 0.729. The fourth-order valence-corrected chi connectivity index (χ4v) is 2.83. The van der Waals surface area contributed by atoms with E-state index in [1.807, 2.05) is 11.8 Å². The number of nitrogens with zero attached hydrogens (tertiary/aromatic N) is 1. The molecule has 0 bridgehead atoms. The van der Waals surface area contributed by atoms with Gasteiger partial charge >= 0.3 is 0 Å². The first-order valence-electron chi connectivity index (χ1n) is 6.89. The van der Waals surface area contributed by atoms with E-state index in [9.17, 15) is 4.79 Å². The van der Waals surface area contributed by atoms with Crippen LogP contribution < -0.4 is 5.32 Å². The van der Waals surface area contributed by atoms with Crippen LogP contribution in [0.3, 0.4) is 0 Å². The molecule has 2 heterocycles. The summed E-state index contributed by atoms with van der Waals surface area (Å²) in [6, 6.07) is 0.350. The molecule has 104 valence electrons. The molecule has 0 aromatic heterocycles. The molecule has 0 aromatic carbocycles. The molecule has 1 amide bonds. The number of hydrogen-bond donors (Lipinski definition) is 2. The van der Waals surface area contributed by atoms with Crippen molar-refractivity contribution in [2.45, 2.75) is 44.9 Å². The molecule has 0 saturated carbocycles. The highest BCUT2D eigenvalue weighted by Gasteiger charge is 2.36. The zero-order chi connectivity index (χ0) is 13.1. The Balaban J connectivity index is 2.01. The van der Waals surface area contributed by atoms with Crippen molar-refractivity contribution in [2.75, 3.05) is 26.3 Å². The highest BCUT2D eigenvalue weighted by Crippen LogP contribution is 2.22. The minimum absolute atomic E-state index is 0.0189. The number of nitrogens with one attached hydrogen (secondary N) is 1. The number of morpholine rings is 1. The summed E-state index contributed by atoms with van der Waals surface area (Å²) in [4.78, 5) is 14.5. The Morgan fingerprint density at radius 1 is 1.50 bits per heavy atom. The van der Waals surface area contributed by atoms with Crippen molar-refractivity contribution < 1.29 is 14.6 Å². The molecule has 4 unspecified atom stereocenters. The summed E-state index contributed by atoms with van der Waals surface area (Å²) < 4.78 is 5.47. The maximum Gasteiger partial charge on any atom is 0.227 e. The van der Waals surface area contributed by atoms with Crippen molar-refractivity contribution in [3.63, 3.8) is 0 Å². The Bertz CT molecular complexity index is 298. The van der Waals surface area contributed by atoms with E-state index in [1.54, 1.807) is 0 Å². The van der Waals surface area contributed by atoms with Gasteiger partial charge in [0.1, 0.15) is 0 Å². The van der Waals surface area contributed by atoms with Crippen LogP contribution in [0.5, 0.6) is 0 Å². The number of piperidine rings is 1. The van der Waals surface area contributed by atoms with E-state index in [0.717, 1.165) is 19.4 Å². The Kier molecular flexibility index (Phi) is 4.59. The first-order chi connectivity index (χ1) is 8.63. The maximum absolute atomic E-state index is 12.6. The fraction of sp³-hybridized carbons (Fsp3) is 0.923. The summed E-state index contributed by atoms with van der Waals surface area (Å²) in [5.74, 6) is 0.280. The molecule has 5 heteroatoms. The number of ether oxygens (including phenoxy) is 1. The first kappa shape index (κ1) is 13.8. The van der Waals surface area contributed by atoms with Crippen molar-refractivity contribution in [3.05, 3.63) is 0 Å². The van der Waals surface area contributed by atoms with Gasteiger partial charge in [0.25, 0.3) is 0 Å². The van der Waals surface area contributed by atoms with Crippen LogP contribution in [0.15, 0.2) is 0 Å². The van der Waals surface area contributed by atoms with Crippen LogP contribution in [-0.2, 0) is 9.53 Å². The molecular formula is C13H24N2O3. The normalized spacial score (nSPS) is 37.6. The van der Waals surface area contributed by atoms with E-state index in [4.69, 9.17) is 9.84 Å². The van der Waals surface area contributed by atoms with Gasteiger partial charge in [0.05, 0.1) is 31.3 Å². The predicted octanol–water partition coefficient (Wildman–Crippen LogP) is -0.0173. The molecule has 2 rings (SSSR count). The summed E-state index contributed by atoms with van der Waals surface area (Å²) in [5, 5.41) is 12.5. The van der Waals surface area contributed by atoms with E-state index in [-0.39, 0.29) is 36.6 Å². The third-order valence-corrected chi connectivity index (χ3v) is 4.07. The Morgan fingerprint density at radius 2 is 2.28 bits per heavy atom. The summed E-state index contributed by atoms with van der Waals surface area (Å²) in [5.41, 5.74) is 0. The van der Waals surface area contributed by atoms with Gasteiger partial charge in [0.2, 0.25) is 5.91 Å². The largest absolute Gasteiger partial charge is 0.394 e. The van der Waals surface area contributed by atoms with Crippen molar-refractivity contribution in [3.8, 4) is 0 Å². The zero-order valence-electron chi connectivity index (χ0n) is 11.3. The lowest BCUT2D eigenvalue weighted by Gasteiger charge is -2.41. The number of rotatable bonds is 2. The highest BCUT2D eigenvalue weighted by molar-refractivity contribution is 5.80. The Morgan fingerprint density at radius 3 is 2.94 bits per heavy atom. The zero-order valence-corrected chi connectivity index (χ0v) is 11.3. The van der Waals surface area contributed by atoms with E-state index in [2.05, 4.69) is 12.2 Å². The lowest BCUT2D eigenvalue weighted by Crippen LogP contribution is -2.56. The lowest BCUT2D eigenvalue weighted by molar-refractivity contribution is -0.152. The van der Waals surface area contributed by atoms with Gasteiger partial charge in [-0.2, -0.15) is 0 Å². The standard InChI is InChI=1S/C13H24N2O3/c1-9-8-18-11(7-16)6-15(9)13(17)12-4-3-5-14-10(12)2/h9-12,14,16H,3-8H2,1-2H3. The van der Waals surface area contributed by atoms with Crippen LogP contribution in [0.1, 0.15) is 26.7 Å². The summed E-state index contributed by atoms with van der Waals surface area (Å²) in [7, 11) is 0. The third-order valence-electron chi connectivity index (χ3n) is 4.07. The van der Waals surface area contributed by atoms with Gasteiger partial charge in [0, 0.05) is 12.6 Å². The number of hydrogen-bond acceptors (Lipinski definition) is 4. The molecule has 2 fully saturated rings. The van der Waals surface area contributed by atoms with E-state index in [0.29, 0.717) is 13.2 Å². The second kappa shape index (κ2) is 5.99. The van der Waals surface area contributed by atoms with Crippen molar-refractivity contribution in [2.24, 2.45) is 5.92 Å². The van der Waals surface area contributed by atoms with Crippen molar-refractivity contribution >= 4 is 5.91 Å². The molecule has 2 N–H and O–H groups in total. The minimum Gasteiger partial charge on any atom is -0.394 e. The van der Waals surface area contributed by atoms with Gasteiger partial charge < -0.3 is 20.1 Å². The number of aliphatic hydroxyl groups excluding tert-OH is 1. The summed E-state index contributed by atoms with van der Waals surface area (Å²) >= 11 is 0. The van der Waals surface area contributed by atoms with Crippen LogP contribution in [0.4, 0.5) is 0 Å². The van der Waals surface area contributed by atoms with Gasteiger partial charge in [-0.15, -0.1) is 0 Å². The second-order valence-electron chi connectivity index (χ2n) is 5.47. The van der Waals surface area contributed by atoms with Gasteiger partial charge in [-0.3, -0.25) is 4.79 Å². The predicted molar refractivity (Wildman–Crippen MR) is 68.2 cm³/mol. The molecule has 2 saturated heterocycles. The first-order valence-corrected chi connectivity index (χ1v) is 6.89. The highest BCUT2D eigenvalue weighted by atomic mass is 16.5. The van der Waals surface area contributed by atoms with Gasteiger partial charge in [-0.05, 0) is 33.2 Å². The van der Waals surface area contributed by atoms with Crippen molar-refractivity contribution in [1.29, 1.82) is 0 Å². The van der Waals surface area contributed by atoms with Gasteiger partial charge in [-0.1, -0.05) is 0 Å². The van der Waals surface area contributed by atoms with E-state index >= 15 is 0 Å². The van der Waals surface area contributed by atoms with Crippen LogP contribution in [0.2, 0.25) is 0 Å². The van der Waals surface area contributed by atoms with Crippen LogP contribution >= 0.6 is 0 Å². The molecule has 2 aliphatic heterocycles. The molecule has 0 spiro atoms. The molecule has 0 aliphatic carbocycles. The van der Waals surface area contributed by atoms with E-state index in [1.165, 1.54) is 0 Å². The monoisotopic (exact) mass is 256 g/mol. The summed E-state index contributed by atoms with van der Waals surface area (Å²) in [6.45, 7) is 6.10. The minimum atomic E-state index is -0.225. The maximum atomic E-state index is 12.6. The number of carbonyl (C=O) groups is 1. The summed E-state index contributed by atoms with van der Waals surface area (Å²) in [6.07, 6.45) is 1.79. The topological polar surface area (TPSA) is 61.8 Å². The van der Waals surface area contributed by atoms with Crippen LogP contribution in [0, 0.1) is 5.92 Å². The smallest absolute Gasteiger partial charge is 0.227 e. The SMILES string of the molecule is CC1NCCCC1C(=O)N1CC(CO)OCC1C. The molecule has 0 radical (unpaired) electrons. The second-order valence-corrected chi connectivity index (χ2v) is 5.47. The van der Waals surface area contributed by atoms with Gasteiger partial charge in [0.15, 0.2) is 0 Å². The Labute approximate surface area is 108 Å². The van der Waals surface area contributed by atoms with Crippen LogP contribution in [0.25, 0.3) is 0 Å². The molecule has 5 nitrogen and oxygen atoms in total. The van der Waals surface area contributed by atoms with E-state index < -0.39 is 0 Å². The molecule has 4 atom stereocenters. The number of amides is 1. The molecular weight excluding hydrogens is 232 g/mol. The average molecular weight is 256 g/mol. The fourth-order valence-electron chi connectivity index (χ4n) is 2.83. The molecule has 18 heavy (non-hydrogen) atoms.